The Morgan fingerprint density at radius 2 is 2.16 bits per heavy atom. The molecule has 1 atom stereocenters. The van der Waals surface area contributed by atoms with Crippen LogP contribution in [0.2, 0.25) is 5.15 Å². The Balaban J connectivity index is 2.30. The third-order valence-electron chi connectivity index (χ3n) is 2.87. The lowest BCUT2D eigenvalue weighted by molar-refractivity contribution is -0.141. The summed E-state index contributed by atoms with van der Waals surface area (Å²) in [7, 11) is 0. The molecule has 1 unspecified atom stereocenters. The van der Waals surface area contributed by atoms with Crippen LogP contribution in [0.15, 0.2) is 12.1 Å². The topological polar surface area (TPSA) is 53.4 Å². The summed E-state index contributed by atoms with van der Waals surface area (Å²) in [5, 5.41) is 8.62. The molecule has 104 valence electrons. The summed E-state index contributed by atoms with van der Waals surface area (Å²) in [6, 6.07) is 1.90. The molecule has 2 heterocycles. The zero-order valence-corrected chi connectivity index (χ0v) is 10.4. The van der Waals surface area contributed by atoms with E-state index in [-0.39, 0.29) is 42.2 Å². The van der Waals surface area contributed by atoms with Gasteiger partial charge < -0.3 is 10.0 Å². The third kappa shape index (κ3) is 2.82. The largest absolute Gasteiger partial charge is 0.433 e. The van der Waals surface area contributed by atoms with E-state index in [1.54, 1.807) is 0 Å². The molecule has 1 aromatic rings. The number of nitrogens with zero attached hydrogens (tertiary/aromatic N) is 2. The number of anilines is 1. The Hall–Kier alpha value is -1.34. The summed E-state index contributed by atoms with van der Waals surface area (Å²) in [5.74, 6) is -0.520. The number of aliphatic hydroxyl groups is 1. The fourth-order valence-corrected chi connectivity index (χ4v) is 2.18. The maximum Gasteiger partial charge on any atom is 0.433 e. The molecule has 0 saturated carbocycles. The van der Waals surface area contributed by atoms with Gasteiger partial charge in [0.05, 0.1) is 5.69 Å². The smallest absolute Gasteiger partial charge is 0.396 e. The number of carbonyl (C=O) groups excluding carboxylic acids is 1. The van der Waals surface area contributed by atoms with Gasteiger partial charge in [0.2, 0.25) is 5.91 Å². The molecule has 0 spiro atoms. The van der Waals surface area contributed by atoms with Crippen LogP contribution >= 0.6 is 11.6 Å². The first kappa shape index (κ1) is 14.1. The summed E-state index contributed by atoms with van der Waals surface area (Å²) in [5.41, 5.74) is -0.970. The zero-order valence-electron chi connectivity index (χ0n) is 9.62. The van der Waals surface area contributed by atoms with Gasteiger partial charge in [-0.3, -0.25) is 4.79 Å². The van der Waals surface area contributed by atoms with Crippen LogP contribution in [0.3, 0.4) is 0 Å². The van der Waals surface area contributed by atoms with Crippen molar-refractivity contribution in [2.75, 3.05) is 18.1 Å². The number of halogens is 4. The minimum atomic E-state index is -4.58. The van der Waals surface area contributed by atoms with Gasteiger partial charge in [-0.25, -0.2) is 4.98 Å². The molecule has 1 amide bonds. The quantitative estimate of drug-likeness (QED) is 0.850. The Bertz CT molecular complexity index is 507. The monoisotopic (exact) mass is 294 g/mol. The number of aromatic nitrogens is 1. The Morgan fingerprint density at radius 1 is 1.47 bits per heavy atom. The highest BCUT2D eigenvalue weighted by Crippen LogP contribution is 2.34. The van der Waals surface area contributed by atoms with E-state index >= 15 is 0 Å². The molecular formula is C11H10ClF3N2O2. The highest BCUT2D eigenvalue weighted by atomic mass is 35.5. The average molecular weight is 295 g/mol. The molecule has 1 aromatic heterocycles. The molecule has 19 heavy (non-hydrogen) atoms. The van der Waals surface area contributed by atoms with Crippen LogP contribution in [0.5, 0.6) is 0 Å². The lowest BCUT2D eigenvalue weighted by Gasteiger charge is -2.18. The van der Waals surface area contributed by atoms with Crippen molar-refractivity contribution in [1.29, 1.82) is 0 Å². The van der Waals surface area contributed by atoms with Gasteiger partial charge in [-0.15, -0.1) is 0 Å². The second-order valence-electron chi connectivity index (χ2n) is 4.26. The zero-order chi connectivity index (χ0) is 14.2. The predicted molar refractivity (Wildman–Crippen MR) is 61.8 cm³/mol. The van der Waals surface area contributed by atoms with E-state index in [4.69, 9.17) is 16.7 Å². The van der Waals surface area contributed by atoms with E-state index in [0.717, 1.165) is 12.1 Å². The number of hydrogen-bond donors (Lipinski definition) is 1. The van der Waals surface area contributed by atoms with Crippen LogP contribution in [0.1, 0.15) is 12.1 Å². The van der Waals surface area contributed by atoms with Crippen LogP contribution in [-0.4, -0.2) is 29.1 Å². The summed E-state index contributed by atoms with van der Waals surface area (Å²) in [6.45, 7) is 0.0655. The summed E-state index contributed by atoms with van der Waals surface area (Å²) in [6.07, 6.45) is -4.43. The van der Waals surface area contributed by atoms with Gasteiger partial charge in [0, 0.05) is 25.5 Å². The molecule has 8 heteroatoms. The lowest BCUT2D eigenvalue weighted by atomic mass is 10.1. The van der Waals surface area contributed by atoms with Crippen molar-refractivity contribution in [3.63, 3.8) is 0 Å². The van der Waals surface area contributed by atoms with Crippen LogP contribution in [0.4, 0.5) is 18.9 Å². The first-order chi connectivity index (χ1) is 8.82. The molecule has 0 bridgehead atoms. The Labute approximate surface area is 111 Å². The van der Waals surface area contributed by atoms with Gasteiger partial charge in [0.15, 0.2) is 5.15 Å². The van der Waals surface area contributed by atoms with E-state index in [1.807, 2.05) is 0 Å². The van der Waals surface area contributed by atoms with Gasteiger partial charge in [-0.2, -0.15) is 13.2 Å². The van der Waals surface area contributed by atoms with E-state index in [9.17, 15) is 18.0 Å². The van der Waals surface area contributed by atoms with Gasteiger partial charge in [-0.05, 0) is 12.1 Å². The Kier molecular flexibility index (Phi) is 3.69. The van der Waals surface area contributed by atoms with Gasteiger partial charge in [0.1, 0.15) is 5.69 Å². The highest BCUT2D eigenvalue weighted by Gasteiger charge is 2.35. The molecule has 4 nitrogen and oxygen atoms in total. The molecule has 1 N–H and O–H groups in total. The van der Waals surface area contributed by atoms with Crippen molar-refractivity contribution in [2.45, 2.75) is 12.6 Å². The van der Waals surface area contributed by atoms with Crippen LogP contribution in [0.25, 0.3) is 0 Å². The average Bonchev–Trinajstić information content (AvgIpc) is 2.69. The van der Waals surface area contributed by atoms with Crippen molar-refractivity contribution >= 4 is 23.2 Å². The maximum absolute atomic E-state index is 12.4. The predicted octanol–water partition coefficient (Wildman–Crippen LogP) is 2.10. The molecule has 1 saturated heterocycles. The summed E-state index contributed by atoms with van der Waals surface area (Å²) < 4.78 is 37.3. The van der Waals surface area contributed by atoms with Crippen LogP contribution in [0, 0.1) is 5.92 Å². The lowest BCUT2D eigenvalue weighted by Crippen LogP contribution is -2.25. The minimum Gasteiger partial charge on any atom is -0.396 e. The normalized spacial score (nSPS) is 20.2. The van der Waals surface area contributed by atoms with Crippen molar-refractivity contribution < 1.29 is 23.1 Å². The molecule has 0 radical (unpaired) electrons. The van der Waals surface area contributed by atoms with E-state index < -0.39 is 11.9 Å². The van der Waals surface area contributed by atoms with Gasteiger partial charge >= 0.3 is 6.18 Å². The first-order valence-electron chi connectivity index (χ1n) is 5.48. The van der Waals surface area contributed by atoms with E-state index in [2.05, 4.69) is 4.98 Å². The van der Waals surface area contributed by atoms with Gasteiger partial charge in [-0.1, -0.05) is 11.6 Å². The standard InChI is InChI=1S/C11H10ClF3N2O2/c12-10-7(1-2-8(16-10)11(13,14)15)17-4-6(5-18)3-9(17)19/h1-2,6,18H,3-5H2. The molecule has 2 rings (SSSR count). The van der Waals surface area contributed by atoms with Crippen LogP contribution < -0.4 is 4.90 Å². The van der Waals surface area contributed by atoms with Crippen molar-refractivity contribution in [2.24, 2.45) is 5.92 Å². The fourth-order valence-electron chi connectivity index (χ4n) is 1.92. The molecule has 1 fully saturated rings. The fraction of sp³-hybridized carbons (Fsp3) is 0.455. The number of aliphatic hydroxyl groups excluding tert-OH is 1. The number of hydrogen-bond acceptors (Lipinski definition) is 3. The number of alkyl halides is 3. The van der Waals surface area contributed by atoms with Crippen LogP contribution in [-0.2, 0) is 11.0 Å². The highest BCUT2D eigenvalue weighted by molar-refractivity contribution is 6.32. The molecule has 1 aliphatic heterocycles. The second-order valence-corrected chi connectivity index (χ2v) is 4.62. The maximum atomic E-state index is 12.4. The van der Waals surface area contributed by atoms with Crippen molar-refractivity contribution in [3.8, 4) is 0 Å². The van der Waals surface area contributed by atoms with Gasteiger partial charge in [0.25, 0.3) is 0 Å². The number of amides is 1. The third-order valence-corrected chi connectivity index (χ3v) is 3.15. The first-order valence-corrected chi connectivity index (χ1v) is 5.85. The minimum absolute atomic E-state index is 0.135. The van der Waals surface area contributed by atoms with E-state index in [1.165, 1.54) is 4.90 Å². The van der Waals surface area contributed by atoms with E-state index in [0.29, 0.717) is 0 Å². The summed E-state index contributed by atoms with van der Waals surface area (Å²) in [4.78, 5) is 16.2. The molecular weight excluding hydrogens is 285 g/mol. The summed E-state index contributed by atoms with van der Waals surface area (Å²) >= 11 is 5.70. The molecule has 0 aliphatic carbocycles. The number of carbonyl (C=O) groups is 1. The molecule has 0 aromatic carbocycles. The number of rotatable bonds is 2. The number of pyridine rings is 1. The molecule has 1 aliphatic rings. The second kappa shape index (κ2) is 4.97. The van der Waals surface area contributed by atoms with Crippen molar-refractivity contribution in [3.05, 3.63) is 23.0 Å². The SMILES string of the molecule is O=C1CC(CO)CN1c1ccc(C(F)(F)F)nc1Cl. The van der Waals surface area contributed by atoms with Crippen molar-refractivity contribution in [1.82, 2.24) is 4.98 Å². The Morgan fingerprint density at radius 3 is 2.63 bits per heavy atom.